The van der Waals surface area contributed by atoms with Gasteiger partial charge < -0.3 is 9.73 Å². The first-order valence-electron chi connectivity index (χ1n) is 5.99. The summed E-state index contributed by atoms with van der Waals surface area (Å²) in [6, 6.07) is 6.92. The Bertz CT molecular complexity index is 530. The van der Waals surface area contributed by atoms with Crippen LogP contribution in [0.2, 0.25) is 0 Å². The molecule has 3 rings (SSSR count). The van der Waals surface area contributed by atoms with Gasteiger partial charge in [-0.15, -0.1) is 0 Å². The minimum atomic E-state index is 0.671. The molecule has 90 valence electrons. The first-order valence-corrected chi connectivity index (χ1v) is 5.99. The lowest BCUT2D eigenvalue weighted by molar-refractivity contribution is 0.173. The molecule has 1 saturated heterocycles. The summed E-state index contributed by atoms with van der Waals surface area (Å²) >= 11 is 0. The van der Waals surface area contributed by atoms with Gasteiger partial charge in [0.1, 0.15) is 5.52 Å². The number of hydrogen-bond donors (Lipinski definition) is 1. The van der Waals surface area contributed by atoms with Crippen molar-refractivity contribution < 1.29 is 4.42 Å². The van der Waals surface area contributed by atoms with Crippen molar-refractivity contribution in [1.29, 1.82) is 0 Å². The maximum atomic E-state index is 5.47. The lowest BCUT2D eigenvalue weighted by Crippen LogP contribution is -2.55. The van der Waals surface area contributed by atoms with Gasteiger partial charge in [0.2, 0.25) is 0 Å². The molecular weight excluding hydrogens is 214 g/mol. The van der Waals surface area contributed by atoms with Gasteiger partial charge in [0.15, 0.2) is 11.5 Å². The van der Waals surface area contributed by atoms with Crippen molar-refractivity contribution in [3.63, 3.8) is 0 Å². The Hall–Kier alpha value is -1.39. The molecule has 17 heavy (non-hydrogen) atoms. The van der Waals surface area contributed by atoms with Gasteiger partial charge in [0.05, 0.1) is 0 Å². The van der Waals surface area contributed by atoms with Crippen molar-refractivity contribution in [3.8, 4) is 0 Å². The third-order valence-electron chi connectivity index (χ3n) is 3.37. The molecule has 2 aromatic rings. The normalized spacial score (nSPS) is 16.6. The molecule has 1 aromatic carbocycles. The zero-order valence-electron chi connectivity index (χ0n) is 10.2. The lowest BCUT2D eigenvalue weighted by Gasteiger charge is -2.35. The molecule has 1 aliphatic heterocycles. The smallest absolute Gasteiger partial charge is 0.192 e. The minimum absolute atomic E-state index is 0.671. The van der Waals surface area contributed by atoms with Crippen LogP contribution in [0.4, 0.5) is 0 Å². The number of benzene rings is 1. The van der Waals surface area contributed by atoms with Crippen LogP contribution in [0.3, 0.4) is 0 Å². The Labute approximate surface area is 101 Å². The zero-order chi connectivity index (χ0) is 11.8. The summed E-state index contributed by atoms with van der Waals surface area (Å²) in [5.74, 6) is 0.730. The number of nitrogens with one attached hydrogen (secondary N) is 1. The van der Waals surface area contributed by atoms with Crippen molar-refractivity contribution in [1.82, 2.24) is 15.2 Å². The van der Waals surface area contributed by atoms with Crippen LogP contribution in [-0.2, 0) is 6.54 Å². The highest BCUT2D eigenvalue weighted by Gasteiger charge is 2.21. The molecule has 1 N–H and O–H groups in total. The quantitative estimate of drug-likeness (QED) is 0.870. The van der Waals surface area contributed by atoms with Gasteiger partial charge in [0, 0.05) is 32.6 Å². The maximum Gasteiger partial charge on any atom is 0.192 e. The van der Waals surface area contributed by atoms with E-state index < -0.39 is 0 Å². The summed E-state index contributed by atoms with van der Waals surface area (Å²) in [6.45, 7) is 5.05. The Kier molecular flexibility index (Phi) is 2.61. The van der Waals surface area contributed by atoms with Crippen LogP contribution in [0.5, 0.6) is 0 Å². The minimum Gasteiger partial charge on any atom is -0.441 e. The van der Waals surface area contributed by atoms with Gasteiger partial charge in [-0.3, -0.25) is 4.90 Å². The molecule has 1 fully saturated rings. The van der Waals surface area contributed by atoms with E-state index in [0.717, 1.165) is 36.6 Å². The number of aromatic nitrogens is 1. The highest BCUT2D eigenvalue weighted by Crippen LogP contribution is 2.18. The Morgan fingerprint density at radius 3 is 3.00 bits per heavy atom. The second-order valence-corrected chi connectivity index (χ2v) is 4.76. The summed E-state index contributed by atoms with van der Waals surface area (Å²) in [6.07, 6.45) is 0. The Balaban J connectivity index is 1.79. The van der Waals surface area contributed by atoms with E-state index in [1.165, 1.54) is 5.56 Å². The monoisotopic (exact) mass is 231 g/mol. The molecule has 0 radical (unpaired) electrons. The lowest BCUT2D eigenvalue weighted by atomic mass is 10.1. The third-order valence-corrected chi connectivity index (χ3v) is 3.37. The summed E-state index contributed by atoms with van der Waals surface area (Å²) in [5, 5.41) is 3.29. The van der Waals surface area contributed by atoms with E-state index in [0.29, 0.717) is 6.04 Å². The van der Waals surface area contributed by atoms with E-state index in [4.69, 9.17) is 4.42 Å². The summed E-state index contributed by atoms with van der Waals surface area (Å²) in [4.78, 5) is 6.74. The Morgan fingerprint density at radius 2 is 2.29 bits per heavy atom. The average Bonchev–Trinajstić information content (AvgIpc) is 2.54. The zero-order valence-corrected chi connectivity index (χ0v) is 10.2. The molecular formula is C13H17N3O. The van der Waals surface area contributed by atoms with Crippen LogP contribution in [0.15, 0.2) is 22.6 Å². The SMILES string of the molecule is Cc1nc2cc(CN(C)C3CNC3)ccc2o1. The predicted octanol–water partition coefficient (Wildman–Crippen LogP) is 1.54. The fourth-order valence-electron chi connectivity index (χ4n) is 2.19. The van der Waals surface area contributed by atoms with Crippen molar-refractivity contribution in [3.05, 3.63) is 29.7 Å². The fourth-order valence-corrected chi connectivity index (χ4v) is 2.19. The fraction of sp³-hybridized carbons (Fsp3) is 0.462. The number of fused-ring (bicyclic) bond motifs is 1. The number of hydrogen-bond acceptors (Lipinski definition) is 4. The van der Waals surface area contributed by atoms with Gasteiger partial charge in [-0.05, 0) is 24.7 Å². The topological polar surface area (TPSA) is 41.3 Å². The maximum absolute atomic E-state index is 5.47. The highest BCUT2D eigenvalue weighted by molar-refractivity contribution is 5.73. The number of rotatable bonds is 3. The van der Waals surface area contributed by atoms with E-state index in [9.17, 15) is 0 Å². The van der Waals surface area contributed by atoms with Crippen molar-refractivity contribution >= 4 is 11.1 Å². The average molecular weight is 231 g/mol. The van der Waals surface area contributed by atoms with Crippen LogP contribution in [0.25, 0.3) is 11.1 Å². The summed E-state index contributed by atoms with van der Waals surface area (Å²) in [7, 11) is 2.17. The van der Waals surface area contributed by atoms with E-state index in [1.54, 1.807) is 0 Å². The van der Waals surface area contributed by atoms with Crippen molar-refractivity contribution in [2.45, 2.75) is 19.5 Å². The molecule has 0 spiro atoms. The molecule has 0 amide bonds. The van der Waals surface area contributed by atoms with Crippen LogP contribution >= 0.6 is 0 Å². The first-order chi connectivity index (χ1) is 8.22. The van der Waals surface area contributed by atoms with Crippen LogP contribution < -0.4 is 5.32 Å². The van der Waals surface area contributed by atoms with Gasteiger partial charge in [-0.25, -0.2) is 4.98 Å². The number of likely N-dealkylation sites (N-methyl/N-ethyl adjacent to an activating group) is 1. The number of nitrogens with zero attached hydrogens (tertiary/aromatic N) is 2. The standard InChI is InChI=1S/C13H17N3O/c1-9-15-12-5-10(3-4-13(12)17-9)8-16(2)11-6-14-7-11/h3-5,11,14H,6-8H2,1-2H3. The second kappa shape index (κ2) is 4.13. The molecule has 1 aromatic heterocycles. The number of aryl methyl sites for hydroxylation is 1. The molecule has 0 saturated carbocycles. The van der Waals surface area contributed by atoms with Crippen LogP contribution in [-0.4, -0.2) is 36.1 Å². The predicted molar refractivity (Wildman–Crippen MR) is 66.9 cm³/mol. The molecule has 0 bridgehead atoms. The van der Waals surface area contributed by atoms with Crippen molar-refractivity contribution in [2.75, 3.05) is 20.1 Å². The van der Waals surface area contributed by atoms with Gasteiger partial charge in [-0.2, -0.15) is 0 Å². The second-order valence-electron chi connectivity index (χ2n) is 4.76. The Morgan fingerprint density at radius 1 is 1.47 bits per heavy atom. The van der Waals surface area contributed by atoms with E-state index in [1.807, 2.05) is 13.0 Å². The van der Waals surface area contributed by atoms with E-state index in [-0.39, 0.29) is 0 Å². The van der Waals surface area contributed by atoms with Crippen molar-refractivity contribution in [2.24, 2.45) is 0 Å². The molecule has 0 unspecified atom stereocenters. The molecule has 4 heteroatoms. The largest absolute Gasteiger partial charge is 0.441 e. The van der Waals surface area contributed by atoms with Gasteiger partial charge >= 0.3 is 0 Å². The molecule has 0 atom stereocenters. The molecule has 1 aliphatic rings. The van der Waals surface area contributed by atoms with Gasteiger partial charge in [0.25, 0.3) is 0 Å². The number of oxazole rings is 1. The van der Waals surface area contributed by atoms with Crippen LogP contribution in [0, 0.1) is 6.92 Å². The third kappa shape index (κ3) is 2.06. The highest BCUT2D eigenvalue weighted by atomic mass is 16.3. The van der Waals surface area contributed by atoms with E-state index >= 15 is 0 Å². The summed E-state index contributed by atoms with van der Waals surface area (Å²) < 4.78 is 5.47. The molecule has 4 nitrogen and oxygen atoms in total. The molecule has 2 heterocycles. The van der Waals surface area contributed by atoms with E-state index in [2.05, 4.69) is 34.4 Å². The van der Waals surface area contributed by atoms with Gasteiger partial charge in [-0.1, -0.05) is 6.07 Å². The molecule has 0 aliphatic carbocycles. The summed E-state index contributed by atoms with van der Waals surface area (Å²) in [5.41, 5.74) is 3.12. The first kappa shape index (κ1) is 10.7. The van der Waals surface area contributed by atoms with Crippen LogP contribution in [0.1, 0.15) is 11.5 Å².